The summed E-state index contributed by atoms with van der Waals surface area (Å²) in [6.45, 7) is 9.79. The number of carbonyl (C=O) groups is 3. The van der Waals surface area contributed by atoms with Crippen LogP contribution >= 0.6 is 0 Å². The first-order valence-corrected chi connectivity index (χ1v) is 12.9. The number of amides is 2. The lowest BCUT2D eigenvalue weighted by Gasteiger charge is -2.36. The average molecular weight is 607 g/mol. The highest BCUT2D eigenvalue weighted by Crippen LogP contribution is 2.38. The van der Waals surface area contributed by atoms with Crippen LogP contribution in [0.5, 0.6) is 17.2 Å². The minimum Gasteiger partial charge on any atom is -0.485 e. The zero-order valence-corrected chi connectivity index (χ0v) is 24.0. The fourth-order valence-electron chi connectivity index (χ4n) is 4.38. The number of aryl methyl sites for hydroxylation is 2. The molecular formula is C30H27F5N2O6. The molecule has 0 radical (unpaired) electrons. The summed E-state index contributed by atoms with van der Waals surface area (Å²) in [7, 11) is 0. The Kier molecular flexibility index (Phi) is 8.39. The lowest BCUT2D eigenvalue weighted by molar-refractivity contribution is -0.145. The third-order valence-electron chi connectivity index (χ3n) is 6.46. The normalized spacial score (nSPS) is 14.3. The van der Waals surface area contributed by atoms with E-state index in [0.29, 0.717) is 5.56 Å². The number of hydrazine groups is 1. The molecule has 1 N–H and O–H groups in total. The van der Waals surface area contributed by atoms with Gasteiger partial charge in [0.25, 0.3) is 11.8 Å². The summed E-state index contributed by atoms with van der Waals surface area (Å²) in [4.78, 5) is 39.5. The molecule has 0 bridgehead atoms. The molecule has 0 unspecified atom stereocenters. The van der Waals surface area contributed by atoms with Gasteiger partial charge in [-0.1, -0.05) is 17.2 Å². The maximum absolute atomic E-state index is 14.0. The van der Waals surface area contributed by atoms with E-state index in [1.54, 1.807) is 32.9 Å². The summed E-state index contributed by atoms with van der Waals surface area (Å²) in [5.74, 6) is -16.2. The summed E-state index contributed by atoms with van der Waals surface area (Å²) in [5, 5.41) is 1.18. The third kappa shape index (κ3) is 6.11. The highest BCUT2D eigenvalue weighted by atomic mass is 19.2. The first-order chi connectivity index (χ1) is 20.0. The third-order valence-corrected chi connectivity index (χ3v) is 6.46. The van der Waals surface area contributed by atoms with Crippen LogP contribution in [0.1, 0.15) is 58.2 Å². The molecule has 0 aromatic heterocycles. The zero-order valence-electron chi connectivity index (χ0n) is 24.0. The number of benzene rings is 3. The molecule has 8 nitrogen and oxygen atoms in total. The number of ether oxygens (including phenoxy) is 3. The van der Waals surface area contributed by atoms with Gasteiger partial charge in [-0.3, -0.25) is 15.0 Å². The number of fused-ring (bicyclic) bond motifs is 1. The number of esters is 1. The quantitative estimate of drug-likeness (QED) is 0.103. The van der Waals surface area contributed by atoms with Gasteiger partial charge in [0, 0.05) is 16.7 Å². The van der Waals surface area contributed by atoms with Gasteiger partial charge in [0.2, 0.25) is 40.9 Å². The number of nitrogens with one attached hydrogen (secondary N) is 1. The molecule has 0 saturated heterocycles. The van der Waals surface area contributed by atoms with Gasteiger partial charge in [0.15, 0.2) is 11.5 Å². The van der Waals surface area contributed by atoms with E-state index < -0.39 is 70.9 Å². The molecule has 228 valence electrons. The summed E-state index contributed by atoms with van der Waals surface area (Å²) in [5.41, 5.74) is 4.04. The summed E-state index contributed by atoms with van der Waals surface area (Å²) in [6.07, 6.45) is -1.70. The van der Waals surface area contributed by atoms with Crippen molar-refractivity contribution < 1.29 is 50.5 Å². The van der Waals surface area contributed by atoms with Crippen molar-refractivity contribution in [3.63, 3.8) is 0 Å². The standard InChI is InChI=1S/C30H27F5N2O6/c1-13-9-14(2)11-16(10-13)28(39)37(30(4,5)6)36-27(38)17-7-8-18-25(15(17)3)42-19(12-41-18)29(40)43-26-23(34)21(32)20(31)22(33)24(26)35/h7-11,19H,12H2,1-6H3,(H,36,38)/t19-/m1/s1. The molecule has 3 aromatic carbocycles. The Bertz CT molecular complexity index is 1600. The largest absolute Gasteiger partial charge is 0.485 e. The molecule has 2 amide bonds. The molecular weight excluding hydrogens is 579 g/mol. The molecule has 0 saturated carbocycles. The lowest BCUT2D eigenvalue weighted by atomic mass is 10.0. The lowest BCUT2D eigenvalue weighted by Crippen LogP contribution is -2.56. The van der Waals surface area contributed by atoms with Crippen LogP contribution in [0, 0.1) is 49.9 Å². The Balaban J connectivity index is 1.58. The Morgan fingerprint density at radius 3 is 2.00 bits per heavy atom. The van der Waals surface area contributed by atoms with E-state index in [1.807, 2.05) is 19.9 Å². The number of hydrogen-bond donors (Lipinski definition) is 1. The molecule has 0 fully saturated rings. The molecule has 13 heteroatoms. The van der Waals surface area contributed by atoms with Gasteiger partial charge in [0.1, 0.15) is 6.61 Å². The van der Waals surface area contributed by atoms with E-state index in [-0.39, 0.29) is 22.6 Å². The molecule has 43 heavy (non-hydrogen) atoms. The summed E-state index contributed by atoms with van der Waals surface area (Å²) in [6, 6.07) is 8.07. The molecule has 1 heterocycles. The first-order valence-electron chi connectivity index (χ1n) is 12.9. The summed E-state index contributed by atoms with van der Waals surface area (Å²) < 4.78 is 84.0. The second-order valence-corrected chi connectivity index (χ2v) is 10.9. The maximum atomic E-state index is 14.0. The van der Waals surface area contributed by atoms with Crippen LogP contribution in [-0.4, -0.2) is 41.0 Å². The van der Waals surface area contributed by atoms with Crippen LogP contribution in [-0.2, 0) is 4.79 Å². The number of carbonyl (C=O) groups excluding carboxylic acids is 3. The van der Waals surface area contributed by atoms with E-state index in [4.69, 9.17) is 9.47 Å². The van der Waals surface area contributed by atoms with Gasteiger partial charge in [-0.15, -0.1) is 0 Å². The van der Waals surface area contributed by atoms with Gasteiger partial charge < -0.3 is 14.2 Å². The van der Waals surface area contributed by atoms with Crippen LogP contribution in [0.25, 0.3) is 0 Å². The predicted octanol–water partition coefficient (Wildman–Crippen LogP) is 5.64. The molecule has 0 aliphatic carbocycles. The highest BCUT2D eigenvalue weighted by molar-refractivity contribution is 6.01. The van der Waals surface area contributed by atoms with E-state index in [0.717, 1.165) is 11.1 Å². The minimum atomic E-state index is -2.41. The fraction of sp³-hybridized carbons (Fsp3) is 0.300. The SMILES string of the molecule is Cc1cc(C)cc(C(=O)N(NC(=O)c2ccc3c(c2C)O[C@@H](C(=O)Oc2c(F)c(F)c(F)c(F)c2F)CO3)C(C)(C)C)c1. The van der Waals surface area contributed by atoms with Crippen LogP contribution in [0.4, 0.5) is 22.0 Å². The van der Waals surface area contributed by atoms with Crippen LogP contribution < -0.4 is 19.6 Å². The van der Waals surface area contributed by atoms with Crippen molar-refractivity contribution in [2.75, 3.05) is 6.61 Å². The van der Waals surface area contributed by atoms with Crippen molar-refractivity contribution >= 4 is 17.8 Å². The van der Waals surface area contributed by atoms with Gasteiger partial charge in [-0.05, 0) is 65.8 Å². The molecule has 0 spiro atoms. The van der Waals surface area contributed by atoms with Crippen LogP contribution in [0.3, 0.4) is 0 Å². The molecule has 1 aliphatic heterocycles. The van der Waals surface area contributed by atoms with Crippen LogP contribution in [0.15, 0.2) is 30.3 Å². The molecule has 1 aliphatic rings. The second kappa shape index (κ2) is 11.5. The smallest absolute Gasteiger partial charge is 0.356 e. The molecule has 3 aromatic rings. The highest BCUT2D eigenvalue weighted by Gasteiger charge is 2.36. The van der Waals surface area contributed by atoms with Crippen molar-refractivity contribution in [1.82, 2.24) is 10.4 Å². The zero-order chi connectivity index (χ0) is 32.0. The monoisotopic (exact) mass is 606 g/mol. The number of halogens is 5. The van der Waals surface area contributed by atoms with Crippen molar-refractivity contribution in [1.29, 1.82) is 0 Å². The van der Waals surface area contributed by atoms with Gasteiger partial charge in [-0.25, -0.2) is 23.0 Å². The van der Waals surface area contributed by atoms with Crippen molar-refractivity contribution in [3.05, 3.63) is 87.2 Å². The maximum Gasteiger partial charge on any atom is 0.356 e. The Labute approximate surface area is 243 Å². The second-order valence-electron chi connectivity index (χ2n) is 10.9. The van der Waals surface area contributed by atoms with Crippen molar-refractivity contribution in [2.45, 2.75) is 53.2 Å². The van der Waals surface area contributed by atoms with Crippen molar-refractivity contribution in [2.24, 2.45) is 0 Å². The van der Waals surface area contributed by atoms with Gasteiger partial charge >= 0.3 is 5.97 Å². The number of nitrogens with zero attached hydrogens (tertiary/aromatic N) is 1. The number of hydrogen-bond acceptors (Lipinski definition) is 6. The topological polar surface area (TPSA) is 94.2 Å². The molecule has 1 atom stereocenters. The average Bonchev–Trinajstić information content (AvgIpc) is 2.94. The van der Waals surface area contributed by atoms with Gasteiger partial charge in [-0.2, -0.15) is 8.78 Å². The Morgan fingerprint density at radius 1 is 0.884 bits per heavy atom. The predicted molar refractivity (Wildman–Crippen MR) is 142 cm³/mol. The van der Waals surface area contributed by atoms with E-state index in [2.05, 4.69) is 10.2 Å². The summed E-state index contributed by atoms with van der Waals surface area (Å²) >= 11 is 0. The Hall–Kier alpha value is -4.68. The van der Waals surface area contributed by atoms with E-state index in [9.17, 15) is 36.3 Å². The Morgan fingerprint density at radius 2 is 1.44 bits per heavy atom. The first kappa shape index (κ1) is 31.3. The fourth-order valence-corrected chi connectivity index (χ4v) is 4.38. The van der Waals surface area contributed by atoms with Gasteiger partial charge in [0.05, 0.1) is 5.54 Å². The van der Waals surface area contributed by atoms with E-state index in [1.165, 1.54) is 24.1 Å². The van der Waals surface area contributed by atoms with Crippen LogP contribution in [0.2, 0.25) is 0 Å². The number of rotatable bonds is 4. The van der Waals surface area contributed by atoms with E-state index >= 15 is 0 Å². The molecule has 4 rings (SSSR count). The minimum absolute atomic E-state index is 0.0265. The van der Waals surface area contributed by atoms with Crippen molar-refractivity contribution in [3.8, 4) is 17.2 Å².